The van der Waals surface area contributed by atoms with E-state index < -0.39 is 0 Å². The molecule has 0 aromatic carbocycles. The molecule has 0 spiro atoms. The van der Waals surface area contributed by atoms with Gasteiger partial charge in [-0.05, 0) is 39.2 Å². The number of piperidine rings is 3. The van der Waals surface area contributed by atoms with Crippen LogP contribution in [-0.2, 0) is 0 Å². The maximum atomic E-state index is 12.1. The van der Waals surface area contributed by atoms with Gasteiger partial charge in [0.25, 0.3) is 5.91 Å². The van der Waals surface area contributed by atoms with Gasteiger partial charge in [0.2, 0.25) is 0 Å². The smallest absolute Gasteiger partial charge is 0.280 e. The van der Waals surface area contributed by atoms with Crippen molar-refractivity contribution in [3.05, 3.63) is 16.1 Å². The SMILES string of the molecule is Cc1cnc(C(=O)N[C@H]2CN3CCC2CC3C)s1. The van der Waals surface area contributed by atoms with E-state index in [2.05, 4.69) is 22.1 Å². The number of hydrogen-bond donors (Lipinski definition) is 1. The number of carbonyl (C=O) groups excluding carboxylic acids is 1. The molecule has 3 unspecified atom stereocenters. The van der Waals surface area contributed by atoms with Crippen LogP contribution >= 0.6 is 11.3 Å². The Morgan fingerprint density at radius 1 is 1.61 bits per heavy atom. The Hall–Kier alpha value is -0.940. The molecule has 2 bridgehead atoms. The second-order valence-electron chi connectivity index (χ2n) is 5.48. The average molecular weight is 265 g/mol. The van der Waals surface area contributed by atoms with Gasteiger partial charge in [0.1, 0.15) is 0 Å². The molecule has 3 aliphatic heterocycles. The quantitative estimate of drug-likeness (QED) is 0.884. The van der Waals surface area contributed by atoms with E-state index in [0.717, 1.165) is 11.4 Å². The Kier molecular flexibility index (Phi) is 3.11. The number of nitrogens with one attached hydrogen (secondary N) is 1. The van der Waals surface area contributed by atoms with Crippen LogP contribution in [0.15, 0.2) is 6.20 Å². The lowest BCUT2D eigenvalue weighted by Gasteiger charge is -2.48. The van der Waals surface area contributed by atoms with Gasteiger partial charge >= 0.3 is 0 Å². The molecule has 0 saturated carbocycles. The van der Waals surface area contributed by atoms with E-state index in [4.69, 9.17) is 0 Å². The number of aromatic nitrogens is 1. The molecule has 4 rings (SSSR count). The lowest BCUT2D eigenvalue weighted by molar-refractivity contribution is 0.0274. The summed E-state index contributed by atoms with van der Waals surface area (Å²) in [6.07, 6.45) is 4.19. The first-order valence-electron chi connectivity index (χ1n) is 6.61. The van der Waals surface area contributed by atoms with Crippen molar-refractivity contribution < 1.29 is 4.79 Å². The Morgan fingerprint density at radius 2 is 2.44 bits per heavy atom. The number of aryl methyl sites for hydroxylation is 1. The maximum absolute atomic E-state index is 12.1. The molecule has 3 aliphatic rings. The zero-order valence-corrected chi connectivity index (χ0v) is 11.7. The van der Waals surface area contributed by atoms with E-state index in [9.17, 15) is 4.79 Å². The summed E-state index contributed by atoms with van der Waals surface area (Å²) >= 11 is 1.47. The van der Waals surface area contributed by atoms with E-state index in [1.54, 1.807) is 6.20 Å². The second-order valence-corrected chi connectivity index (χ2v) is 6.72. The third-order valence-corrected chi connectivity index (χ3v) is 5.10. The molecule has 5 heteroatoms. The first kappa shape index (κ1) is 12.1. The van der Waals surface area contributed by atoms with Crippen molar-refractivity contribution in [2.75, 3.05) is 13.1 Å². The zero-order chi connectivity index (χ0) is 12.7. The second kappa shape index (κ2) is 4.63. The van der Waals surface area contributed by atoms with Gasteiger partial charge in [-0.3, -0.25) is 9.69 Å². The minimum absolute atomic E-state index is 0.000460. The van der Waals surface area contributed by atoms with Crippen molar-refractivity contribution in [3.8, 4) is 0 Å². The molecule has 3 saturated heterocycles. The molecule has 18 heavy (non-hydrogen) atoms. The van der Waals surface area contributed by atoms with Crippen molar-refractivity contribution in [2.24, 2.45) is 5.92 Å². The zero-order valence-electron chi connectivity index (χ0n) is 10.8. The van der Waals surface area contributed by atoms with Crippen LogP contribution in [-0.4, -0.2) is 41.0 Å². The Labute approximate surface area is 111 Å². The van der Waals surface area contributed by atoms with Crippen molar-refractivity contribution in [1.29, 1.82) is 0 Å². The topological polar surface area (TPSA) is 45.2 Å². The first-order chi connectivity index (χ1) is 8.63. The number of fused-ring (bicyclic) bond motifs is 3. The molecule has 4 atom stereocenters. The Bertz CT molecular complexity index is 459. The van der Waals surface area contributed by atoms with E-state index in [1.165, 1.54) is 30.7 Å². The molecule has 98 valence electrons. The summed E-state index contributed by atoms with van der Waals surface area (Å²) in [4.78, 5) is 19.8. The van der Waals surface area contributed by atoms with Gasteiger partial charge in [-0.15, -0.1) is 11.3 Å². The van der Waals surface area contributed by atoms with E-state index >= 15 is 0 Å². The molecule has 3 fully saturated rings. The Balaban J connectivity index is 1.65. The highest BCUT2D eigenvalue weighted by Crippen LogP contribution is 2.32. The number of hydrogen-bond acceptors (Lipinski definition) is 4. The lowest BCUT2D eigenvalue weighted by atomic mass is 9.80. The standard InChI is InChI=1S/C13H19N3OS/c1-8-5-10-3-4-16(8)7-11(10)15-12(17)13-14-6-9(2)18-13/h6,8,10-11H,3-5,7H2,1-2H3,(H,15,17)/t8?,10?,11-/m0/s1. The fraction of sp³-hybridized carbons (Fsp3) is 0.692. The summed E-state index contributed by atoms with van der Waals surface area (Å²) in [6.45, 7) is 6.45. The fourth-order valence-corrected chi connectivity index (χ4v) is 3.82. The minimum atomic E-state index is -0.000460. The molecular formula is C13H19N3OS. The van der Waals surface area contributed by atoms with Crippen LogP contribution in [0.4, 0.5) is 0 Å². The molecule has 1 aromatic heterocycles. The summed E-state index contributed by atoms with van der Waals surface area (Å²) in [7, 11) is 0. The summed E-state index contributed by atoms with van der Waals surface area (Å²) in [6, 6.07) is 0.991. The highest BCUT2D eigenvalue weighted by atomic mass is 32.1. The molecule has 0 radical (unpaired) electrons. The van der Waals surface area contributed by atoms with Gasteiger partial charge in [-0.2, -0.15) is 0 Å². The van der Waals surface area contributed by atoms with Gasteiger partial charge in [0.15, 0.2) is 5.01 Å². The van der Waals surface area contributed by atoms with Crippen molar-refractivity contribution >= 4 is 17.2 Å². The normalized spacial score (nSPS) is 34.6. The highest BCUT2D eigenvalue weighted by molar-refractivity contribution is 7.13. The van der Waals surface area contributed by atoms with Gasteiger partial charge in [0, 0.05) is 29.7 Å². The number of nitrogens with zero attached hydrogens (tertiary/aromatic N) is 2. The predicted molar refractivity (Wildman–Crippen MR) is 71.9 cm³/mol. The summed E-state index contributed by atoms with van der Waals surface area (Å²) < 4.78 is 0. The van der Waals surface area contributed by atoms with Gasteiger partial charge in [-0.1, -0.05) is 0 Å². The Morgan fingerprint density at radius 3 is 3.00 bits per heavy atom. The van der Waals surface area contributed by atoms with E-state index in [1.807, 2.05) is 6.92 Å². The first-order valence-corrected chi connectivity index (χ1v) is 7.42. The van der Waals surface area contributed by atoms with Crippen LogP contribution < -0.4 is 5.32 Å². The molecule has 1 amide bonds. The third kappa shape index (κ3) is 2.17. The molecule has 1 aromatic rings. The number of carbonyl (C=O) groups is 1. The van der Waals surface area contributed by atoms with Gasteiger partial charge in [-0.25, -0.2) is 4.98 Å². The third-order valence-electron chi connectivity index (χ3n) is 4.19. The predicted octanol–water partition coefficient (Wildman–Crippen LogP) is 1.66. The van der Waals surface area contributed by atoms with Crippen molar-refractivity contribution in [1.82, 2.24) is 15.2 Å². The van der Waals surface area contributed by atoms with Crippen LogP contribution in [0.5, 0.6) is 0 Å². The van der Waals surface area contributed by atoms with Crippen LogP contribution in [0.2, 0.25) is 0 Å². The summed E-state index contributed by atoms with van der Waals surface area (Å²) in [5, 5.41) is 3.76. The number of amides is 1. The molecule has 0 aliphatic carbocycles. The van der Waals surface area contributed by atoms with E-state index in [-0.39, 0.29) is 5.91 Å². The van der Waals surface area contributed by atoms with E-state index in [0.29, 0.717) is 23.0 Å². The van der Waals surface area contributed by atoms with Gasteiger partial charge in [0.05, 0.1) is 0 Å². The molecule has 4 nitrogen and oxygen atoms in total. The van der Waals surface area contributed by atoms with Crippen LogP contribution in [0, 0.1) is 12.8 Å². The fourth-order valence-electron chi connectivity index (χ4n) is 3.15. The van der Waals surface area contributed by atoms with Crippen LogP contribution in [0.3, 0.4) is 0 Å². The van der Waals surface area contributed by atoms with Gasteiger partial charge < -0.3 is 5.32 Å². The minimum Gasteiger partial charge on any atom is -0.346 e. The van der Waals surface area contributed by atoms with Crippen molar-refractivity contribution in [2.45, 2.75) is 38.8 Å². The lowest BCUT2D eigenvalue weighted by Crippen LogP contribution is -2.60. The molecule has 4 heterocycles. The summed E-state index contributed by atoms with van der Waals surface area (Å²) in [5.41, 5.74) is 0. The molecule has 1 N–H and O–H groups in total. The highest BCUT2D eigenvalue weighted by Gasteiger charge is 2.38. The number of thiazole rings is 1. The average Bonchev–Trinajstić information content (AvgIpc) is 2.77. The molecular weight excluding hydrogens is 246 g/mol. The maximum Gasteiger partial charge on any atom is 0.280 e. The number of rotatable bonds is 2. The largest absolute Gasteiger partial charge is 0.346 e. The monoisotopic (exact) mass is 265 g/mol. The summed E-state index contributed by atoms with van der Waals surface area (Å²) in [5.74, 6) is 0.648. The van der Waals surface area contributed by atoms with Crippen molar-refractivity contribution in [3.63, 3.8) is 0 Å². The van der Waals surface area contributed by atoms with Crippen LogP contribution in [0.25, 0.3) is 0 Å². The van der Waals surface area contributed by atoms with Crippen LogP contribution in [0.1, 0.15) is 34.4 Å².